The van der Waals surface area contributed by atoms with Gasteiger partial charge in [0.15, 0.2) is 0 Å². The van der Waals surface area contributed by atoms with Gasteiger partial charge in [-0.05, 0) is 37.6 Å². The van der Waals surface area contributed by atoms with Crippen LogP contribution in [-0.2, 0) is 19.5 Å². The van der Waals surface area contributed by atoms with Crippen molar-refractivity contribution in [3.8, 4) is 6.07 Å². The fourth-order valence-corrected chi connectivity index (χ4v) is 2.02. The molecule has 0 saturated carbocycles. The number of nitrogens with one attached hydrogen (secondary N) is 1. The molecular weight excluding hydrogens is 255 g/mol. The SMILES string of the molecule is CCc1cc(CNc2ccc(C#N)cc2F)n(CC)n1. The van der Waals surface area contributed by atoms with Crippen LogP contribution in [-0.4, -0.2) is 9.78 Å². The molecule has 1 aromatic carbocycles. The molecule has 0 amide bonds. The summed E-state index contributed by atoms with van der Waals surface area (Å²) in [6.45, 7) is 5.37. The summed E-state index contributed by atoms with van der Waals surface area (Å²) in [6, 6.07) is 8.36. The normalized spacial score (nSPS) is 10.3. The minimum absolute atomic E-state index is 0.319. The lowest BCUT2D eigenvalue weighted by Gasteiger charge is -2.09. The van der Waals surface area contributed by atoms with Gasteiger partial charge in [0, 0.05) is 6.54 Å². The molecule has 4 nitrogen and oxygen atoms in total. The number of rotatable bonds is 5. The molecule has 1 heterocycles. The number of nitriles is 1. The Bertz CT molecular complexity index is 640. The van der Waals surface area contributed by atoms with E-state index in [9.17, 15) is 4.39 Å². The predicted molar refractivity (Wildman–Crippen MR) is 75.7 cm³/mol. The Kier molecular flexibility index (Phi) is 4.36. The summed E-state index contributed by atoms with van der Waals surface area (Å²) < 4.78 is 15.7. The molecule has 1 N–H and O–H groups in total. The number of halogens is 1. The first kappa shape index (κ1) is 14.1. The standard InChI is InChI=1S/C15H17FN4/c1-3-12-8-13(20(4-2)19-12)10-18-15-6-5-11(9-17)7-14(15)16/h5-8,18H,3-4,10H2,1-2H3. The maximum atomic E-state index is 13.8. The summed E-state index contributed by atoms with van der Waals surface area (Å²) in [4.78, 5) is 0. The highest BCUT2D eigenvalue weighted by Gasteiger charge is 2.07. The van der Waals surface area contributed by atoms with Crippen LogP contribution < -0.4 is 5.32 Å². The Hall–Kier alpha value is -2.35. The van der Waals surface area contributed by atoms with Gasteiger partial charge in [-0.25, -0.2) is 4.39 Å². The molecule has 0 radical (unpaired) electrons. The summed E-state index contributed by atoms with van der Waals surface area (Å²) in [7, 11) is 0. The van der Waals surface area contributed by atoms with Gasteiger partial charge in [-0.2, -0.15) is 10.4 Å². The highest BCUT2D eigenvalue weighted by molar-refractivity contribution is 5.48. The maximum absolute atomic E-state index is 13.8. The second-order valence-electron chi connectivity index (χ2n) is 4.46. The van der Waals surface area contributed by atoms with E-state index in [4.69, 9.17) is 5.26 Å². The van der Waals surface area contributed by atoms with Crippen molar-refractivity contribution in [3.63, 3.8) is 0 Å². The Morgan fingerprint density at radius 1 is 1.35 bits per heavy atom. The number of anilines is 1. The zero-order chi connectivity index (χ0) is 14.5. The Morgan fingerprint density at radius 2 is 2.15 bits per heavy atom. The van der Waals surface area contributed by atoms with Crippen LogP contribution >= 0.6 is 0 Å². The predicted octanol–water partition coefficient (Wildman–Crippen LogP) is 3.09. The van der Waals surface area contributed by atoms with Crippen molar-refractivity contribution >= 4 is 5.69 Å². The molecular formula is C15H17FN4. The average molecular weight is 272 g/mol. The van der Waals surface area contributed by atoms with Gasteiger partial charge >= 0.3 is 0 Å². The molecule has 20 heavy (non-hydrogen) atoms. The zero-order valence-electron chi connectivity index (χ0n) is 11.7. The van der Waals surface area contributed by atoms with Crippen LogP contribution in [0, 0.1) is 17.1 Å². The van der Waals surface area contributed by atoms with Crippen molar-refractivity contribution in [2.45, 2.75) is 33.4 Å². The summed E-state index contributed by atoms with van der Waals surface area (Å²) in [5.41, 5.74) is 2.77. The third kappa shape index (κ3) is 2.97. The molecule has 0 aliphatic rings. The summed E-state index contributed by atoms with van der Waals surface area (Å²) in [5, 5.41) is 16.2. The lowest BCUT2D eigenvalue weighted by molar-refractivity contribution is 0.614. The summed E-state index contributed by atoms with van der Waals surface area (Å²) in [5.74, 6) is -0.415. The van der Waals surface area contributed by atoms with Crippen molar-refractivity contribution in [1.82, 2.24) is 9.78 Å². The fourth-order valence-electron chi connectivity index (χ4n) is 2.02. The number of hydrogen-bond acceptors (Lipinski definition) is 3. The van der Waals surface area contributed by atoms with E-state index in [0.29, 0.717) is 17.8 Å². The van der Waals surface area contributed by atoms with Crippen LogP contribution in [0.15, 0.2) is 24.3 Å². The minimum atomic E-state index is -0.415. The second-order valence-corrected chi connectivity index (χ2v) is 4.46. The number of benzene rings is 1. The van der Waals surface area contributed by atoms with E-state index >= 15 is 0 Å². The molecule has 0 bridgehead atoms. The van der Waals surface area contributed by atoms with Gasteiger partial charge in [0.05, 0.1) is 35.3 Å². The lowest BCUT2D eigenvalue weighted by atomic mass is 10.2. The van der Waals surface area contributed by atoms with Crippen molar-refractivity contribution in [3.05, 3.63) is 47.0 Å². The van der Waals surface area contributed by atoms with E-state index in [1.54, 1.807) is 12.1 Å². The fraction of sp³-hybridized carbons (Fsp3) is 0.333. The molecule has 0 aliphatic carbocycles. The second kappa shape index (κ2) is 6.20. The van der Waals surface area contributed by atoms with Gasteiger partial charge in [-0.3, -0.25) is 4.68 Å². The molecule has 1 aromatic heterocycles. The first-order valence-electron chi connectivity index (χ1n) is 6.67. The van der Waals surface area contributed by atoms with Gasteiger partial charge in [0.25, 0.3) is 0 Å². The van der Waals surface area contributed by atoms with E-state index < -0.39 is 5.82 Å². The smallest absolute Gasteiger partial charge is 0.147 e. The highest BCUT2D eigenvalue weighted by Crippen LogP contribution is 2.17. The monoisotopic (exact) mass is 272 g/mol. The van der Waals surface area contributed by atoms with E-state index in [1.807, 2.05) is 23.7 Å². The van der Waals surface area contributed by atoms with E-state index in [1.165, 1.54) is 6.07 Å². The molecule has 2 aromatic rings. The molecule has 0 spiro atoms. The van der Waals surface area contributed by atoms with Gasteiger partial charge in [0.1, 0.15) is 5.82 Å². The molecule has 0 atom stereocenters. The Balaban J connectivity index is 2.12. The van der Waals surface area contributed by atoms with Crippen LogP contribution in [0.5, 0.6) is 0 Å². The van der Waals surface area contributed by atoms with Crippen molar-refractivity contribution in [2.75, 3.05) is 5.32 Å². The van der Waals surface area contributed by atoms with Crippen LogP contribution in [0.1, 0.15) is 30.8 Å². The van der Waals surface area contributed by atoms with Crippen LogP contribution in [0.3, 0.4) is 0 Å². The Labute approximate surface area is 117 Å². The lowest BCUT2D eigenvalue weighted by Crippen LogP contribution is -2.08. The quantitative estimate of drug-likeness (QED) is 0.910. The maximum Gasteiger partial charge on any atom is 0.147 e. The topological polar surface area (TPSA) is 53.6 Å². The first-order chi connectivity index (χ1) is 9.67. The minimum Gasteiger partial charge on any atom is -0.377 e. The number of nitrogens with zero attached hydrogens (tertiary/aromatic N) is 3. The summed E-state index contributed by atoms with van der Waals surface area (Å²) in [6.07, 6.45) is 0.880. The van der Waals surface area contributed by atoms with Crippen molar-refractivity contribution in [1.29, 1.82) is 5.26 Å². The third-order valence-corrected chi connectivity index (χ3v) is 3.13. The summed E-state index contributed by atoms with van der Waals surface area (Å²) >= 11 is 0. The molecule has 5 heteroatoms. The third-order valence-electron chi connectivity index (χ3n) is 3.13. The molecule has 0 fully saturated rings. The van der Waals surface area contributed by atoms with Crippen LogP contribution in [0.4, 0.5) is 10.1 Å². The van der Waals surface area contributed by atoms with Gasteiger partial charge in [-0.1, -0.05) is 6.92 Å². The van der Waals surface area contributed by atoms with Gasteiger partial charge < -0.3 is 5.32 Å². The van der Waals surface area contributed by atoms with Crippen molar-refractivity contribution in [2.24, 2.45) is 0 Å². The van der Waals surface area contributed by atoms with Crippen molar-refractivity contribution < 1.29 is 4.39 Å². The largest absolute Gasteiger partial charge is 0.377 e. The molecule has 0 unspecified atom stereocenters. The van der Waals surface area contributed by atoms with E-state index in [2.05, 4.69) is 17.3 Å². The molecule has 2 rings (SSSR count). The van der Waals surface area contributed by atoms with Gasteiger partial charge in [0.2, 0.25) is 0 Å². The average Bonchev–Trinajstić information content (AvgIpc) is 2.88. The van der Waals surface area contributed by atoms with E-state index in [0.717, 1.165) is 24.4 Å². The van der Waals surface area contributed by atoms with Gasteiger partial charge in [-0.15, -0.1) is 0 Å². The molecule has 104 valence electrons. The van der Waals surface area contributed by atoms with Crippen LogP contribution in [0.2, 0.25) is 0 Å². The highest BCUT2D eigenvalue weighted by atomic mass is 19.1. The number of hydrogen-bond donors (Lipinski definition) is 1. The number of aryl methyl sites for hydroxylation is 2. The number of aromatic nitrogens is 2. The van der Waals surface area contributed by atoms with E-state index in [-0.39, 0.29) is 0 Å². The molecule has 0 aliphatic heterocycles. The molecule has 0 saturated heterocycles. The van der Waals surface area contributed by atoms with Crippen LogP contribution in [0.25, 0.3) is 0 Å². The Morgan fingerprint density at radius 3 is 2.75 bits per heavy atom. The zero-order valence-corrected chi connectivity index (χ0v) is 11.7. The first-order valence-corrected chi connectivity index (χ1v) is 6.67.